The molecule has 0 aromatic carbocycles. The van der Waals surface area contributed by atoms with Gasteiger partial charge in [0, 0.05) is 0 Å². The minimum atomic E-state index is 1.01. The standard InChI is InChI=1S/C7H4I2N2S/c1-3-10-4-2-5(8)11-7(9)6(4)12-3/h2H,1H3. The number of hydrogen-bond donors (Lipinski definition) is 0. The Hall–Kier alpha value is 0.500. The lowest BCUT2D eigenvalue weighted by Crippen LogP contribution is -1.84. The van der Waals surface area contributed by atoms with Gasteiger partial charge >= 0.3 is 0 Å². The molecule has 0 bridgehead atoms. The van der Waals surface area contributed by atoms with E-state index in [0.717, 1.165) is 17.9 Å². The fourth-order valence-electron chi connectivity index (χ4n) is 0.978. The Labute approximate surface area is 101 Å². The van der Waals surface area contributed by atoms with Crippen molar-refractivity contribution in [1.82, 2.24) is 9.97 Å². The summed E-state index contributed by atoms with van der Waals surface area (Å²) < 4.78 is 3.27. The van der Waals surface area contributed by atoms with E-state index in [9.17, 15) is 0 Å². The number of hydrogen-bond acceptors (Lipinski definition) is 3. The maximum Gasteiger partial charge on any atom is 0.122 e. The Morgan fingerprint density at radius 3 is 2.83 bits per heavy atom. The SMILES string of the molecule is Cc1nc2cc(I)nc(I)c2s1. The van der Waals surface area contributed by atoms with Gasteiger partial charge < -0.3 is 0 Å². The second-order valence-electron chi connectivity index (χ2n) is 2.32. The molecular formula is C7H4I2N2S. The fourth-order valence-corrected chi connectivity index (χ4v) is 3.62. The highest BCUT2D eigenvalue weighted by Crippen LogP contribution is 2.26. The van der Waals surface area contributed by atoms with Gasteiger partial charge in [0.25, 0.3) is 0 Å². The summed E-state index contributed by atoms with van der Waals surface area (Å²) in [5.41, 5.74) is 1.07. The van der Waals surface area contributed by atoms with Crippen LogP contribution in [0.4, 0.5) is 0 Å². The molecule has 2 rings (SSSR count). The topological polar surface area (TPSA) is 25.8 Å². The molecule has 0 atom stereocenters. The van der Waals surface area contributed by atoms with Crippen molar-refractivity contribution >= 4 is 66.7 Å². The monoisotopic (exact) mass is 402 g/mol. The largest absolute Gasteiger partial charge is 0.241 e. The lowest BCUT2D eigenvalue weighted by molar-refractivity contribution is 1.25. The molecule has 0 aliphatic heterocycles. The zero-order valence-corrected chi connectivity index (χ0v) is 11.3. The van der Waals surface area contributed by atoms with Gasteiger partial charge in [-0.15, -0.1) is 11.3 Å². The second-order valence-corrected chi connectivity index (χ2v) is 5.65. The third-order valence-corrected chi connectivity index (χ3v) is 4.10. The van der Waals surface area contributed by atoms with E-state index in [1.165, 1.54) is 4.70 Å². The van der Waals surface area contributed by atoms with E-state index in [1.807, 2.05) is 13.0 Å². The van der Waals surface area contributed by atoms with Crippen molar-refractivity contribution in [2.24, 2.45) is 0 Å². The number of fused-ring (bicyclic) bond motifs is 1. The average Bonchev–Trinajstić information content (AvgIpc) is 2.29. The molecule has 0 radical (unpaired) electrons. The molecule has 62 valence electrons. The van der Waals surface area contributed by atoms with Crippen LogP contribution in [0.2, 0.25) is 0 Å². The average molecular weight is 402 g/mol. The molecule has 5 heteroatoms. The zero-order valence-electron chi connectivity index (χ0n) is 6.14. The van der Waals surface area contributed by atoms with Gasteiger partial charge in [-0.05, 0) is 58.2 Å². The van der Waals surface area contributed by atoms with E-state index >= 15 is 0 Å². The maximum atomic E-state index is 4.40. The van der Waals surface area contributed by atoms with Gasteiger partial charge in [-0.2, -0.15) is 0 Å². The summed E-state index contributed by atoms with van der Waals surface area (Å²) in [4.78, 5) is 8.76. The van der Waals surface area contributed by atoms with E-state index in [1.54, 1.807) is 11.3 Å². The molecule has 2 nitrogen and oxygen atoms in total. The number of aromatic nitrogens is 2. The second kappa shape index (κ2) is 3.33. The normalized spacial score (nSPS) is 10.9. The first-order valence-corrected chi connectivity index (χ1v) is 6.23. The molecule has 0 amide bonds. The van der Waals surface area contributed by atoms with Crippen molar-refractivity contribution in [3.63, 3.8) is 0 Å². The number of nitrogens with zero attached hydrogens (tertiary/aromatic N) is 2. The summed E-state index contributed by atoms with van der Waals surface area (Å²) in [6.07, 6.45) is 0. The van der Waals surface area contributed by atoms with Crippen LogP contribution in [0.1, 0.15) is 5.01 Å². The first-order chi connectivity index (χ1) is 5.66. The molecule has 0 N–H and O–H groups in total. The van der Waals surface area contributed by atoms with Crippen LogP contribution < -0.4 is 0 Å². The molecule has 2 heterocycles. The van der Waals surface area contributed by atoms with Gasteiger partial charge in [0.05, 0.1) is 15.2 Å². The highest BCUT2D eigenvalue weighted by Gasteiger charge is 2.06. The van der Waals surface area contributed by atoms with E-state index in [0.29, 0.717) is 0 Å². The first kappa shape index (κ1) is 9.07. The summed E-state index contributed by atoms with van der Waals surface area (Å²) in [6.45, 7) is 2.02. The molecule has 0 fully saturated rings. The van der Waals surface area contributed by atoms with Gasteiger partial charge in [-0.3, -0.25) is 0 Å². The molecule has 0 saturated heterocycles. The zero-order chi connectivity index (χ0) is 8.72. The molecule has 12 heavy (non-hydrogen) atoms. The van der Waals surface area contributed by atoms with Crippen LogP contribution in [0.5, 0.6) is 0 Å². The highest BCUT2D eigenvalue weighted by atomic mass is 127. The van der Waals surface area contributed by atoms with Crippen molar-refractivity contribution in [2.75, 3.05) is 0 Å². The third kappa shape index (κ3) is 1.58. The van der Waals surface area contributed by atoms with Crippen LogP contribution in [0, 0.1) is 14.3 Å². The van der Waals surface area contributed by atoms with Crippen molar-refractivity contribution in [3.05, 3.63) is 18.5 Å². The summed E-state index contributed by atoms with van der Waals surface area (Å²) in [6, 6.07) is 2.02. The number of thiazole rings is 1. The van der Waals surface area contributed by atoms with Crippen LogP contribution in [-0.4, -0.2) is 9.97 Å². The van der Waals surface area contributed by atoms with Crippen molar-refractivity contribution in [3.8, 4) is 0 Å². The van der Waals surface area contributed by atoms with Gasteiger partial charge in [-0.25, -0.2) is 9.97 Å². The number of aryl methyl sites for hydroxylation is 1. The van der Waals surface area contributed by atoms with Crippen molar-refractivity contribution in [2.45, 2.75) is 6.92 Å². The number of pyridine rings is 1. The van der Waals surface area contributed by atoms with E-state index in [2.05, 4.69) is 55.1 Å². The van der Waals surface area contributed by atoms with E-state index in [4.69, 9.17) is 0 Å². The fraction of sp³-hybridized carbons (Fsp3) is 0.143. The molecule has 2 aromatic rings. The molecule has 0 aliphatic rings. The summed E-state index contributed by atoms with van der Waals surface area (Å²) in [5.74, 6) is 0. The Bertz CT molecular complexity index is 438. The van der Waals surface area contributed by atoms with Crippen LogP contribution in [0.25, 0.3) is 10.2 Å². The summed E-state index contributed by atoms with van der Waals surface area (Å²) in [5, 5.41) is 1.10. The first-order valence-electron chi connectivity index (χ1n) is 3.26. The van der Waals surface area contributed by atoms with Crippen LogP contribution >= 0.6 is 56.5 Å². The summed E-state index contributed by atoms with van der Waals surface area (Å²) in [7, 11) is 0. The molecule has 0 unspecified atom stereocenters. The van der Waals surface area contributed by atoms with Gasteiger partial charge in [-0.1, -0.05) is 0 Å². The molecule has 0 aliphatic carbocycles. The smallest absolute Gasteiger partial charge is 0.122 e. The minimum Gasteiger partial charge on any atom is -0.241 e. The maximum absolute atomic E-state index is 4.40. The lowest BCUT2D eigenvalue weighted by atomic mass is 10.4. The van der Waals surface area contributed by atoms with Crippen LogP contribution in [0.15, 0.2) is 6.07 Å². The Morgan fingerprint density at radius 2 is 2.08 bits per heavy atom. The lowest BCUT2D eigenvalue weighted by Gasteiger charge is -1.92. The Kier molecular flexibility index (Phi) is 2.52. The molecule has 0 saturated carbocycles. The van der Waals surface area contributed by atoms with Crippen LogP contribution in [0.3, 0.4) is 0 Å². The molecule has 2 aromatic heterocycles. The Balaban J connectivity index is 2.88. The van der Waals surface area contributed by atoms with Gasteiger partial charge in [0.2, 0.25) is 0 Å². The Morgan fingerprint density at radius 1 is 1.33 bits per heavy atom. The van der Waals surface area contributed by atoms with E-state index < -0.39 is 0 Å². The van der Waals surface area contributed by atoms with E-state index in [-0.39, 0.29) is 0 Å². The van der Waals surface area contributed by atoms with Crippen molar-refractivity contribution in [1.29, 1.82) is 0 Å². The van der Waals surface area contributed by atoms with Crippen LogP contribution in [-0.2, 0) is 0 Å². The third-order valence-electron chi connectivity index (χ3n) is 1.41. The number of halogens is 2. The predicted molar refractivity (Wildman–Crippen MR) is 67.6 cm³/mol. The van der Waals surface area contributed by atoms with Gasteiger partial charge in [0.15, 0.2) is 0 Å². The molecule has 0 spiro atoms. The predicted octanol–water partition coefficient (Wildman–Crippen LogP) is 3.21. The molecular weight excluding hydrogens is 398 g/mol. The minimum absolute atomic E-state index is 1.01. The summed E-state index contributed by atoms with van der Waals surface area (Å²) >= 11 is 6.17. The van der Waals surface area contributed by atoms with Gasteiger partial charge in [0.1, 0.15) is 7.40 Å². The van der Waals surface area contributed by atoms with Crippen molar-refractivity contribution < 1.29 is 0 Å². The quantitative estimate of drug-likeness (QED) is 0.500. The highest BCUT2D eigenvalue weighted by molar-refractivity contribution is 14.1. The number of rotatable bonds is 0.